The molecule has 2 aromatic rings. The summed E-state index contributed by atoms with van der Waals surface area (Å²) in [7, 11) is -0.356. The van der Waals surface area contributed by atoms with E-state index in [1.807, 2.05) is 18.2 Å². The van der Waals surface area contributed by atoms with Crippen LogP contribution in [0.5, 0.6) is 17.2 Å². The van der Waals surface area contributed by atoms with Gasteiger partial charge in [0.15, 0.2) is 11.5 Å². The number of phenolic OH excluding ortho intramolecular Hbond substituents is 1. The number of sulfonamides is 1. The molecule has 0 aliphatic heterocycles. The summed E-state index contributed by atoms with van der Waals surface area (Å²) in [6, 6.07) is 10.1. The zero-order valence-electron chi connectivity index (χ0n) is 16.1. The van der Waals surface area contributed by atoms with Gasteiger partial charge in [0.05, 0.1) is 32.3 Å². The second-order valence-electron chi connectivity index (χ2n) is 6.40. The summed E-state index contributed by atoms with van der Waals surface area (Å²) in [5.41, 5.74) is 1.77. The molecular weight excluding hydrogens is 384 g/mol. The summed E-state index contributed by atoms with van der Waals surface area (Å²) in [6.45, 7) is 0.873. The summed E-state index contributed by atoms with van der Waals surface area (Å²) in [5.74, 6) is 1.12. The van der Waals surface area contributed by atoms with Crippen LogP contribution >= 0.6 is 0 Å². The van der Waals surface area contributed by atoms with Crippen molar-refractivity contribution in [1.29, 1.82) is 0 Å². The Labute approximate surface area is 165 Å². The molecule has 28 heavy (non-hydrogen) atoms. The van der Waals surface area contributed by atoms with Gasteiger partial charge in [-0.25, -0.2) is 8.42 Å². The van der Waals surface area contributed by atoms with E-state index in [9.17, 15) is 18.6 Å². The second kappa shape index (κ2) is 9.63. The Balaban J connectivity index is 1.91. The predicted molar refractivity (Wildman–Crippen MR) is 108 cm³/mol. The minimum absolute atomic E-state index is 0.0884. The highest BCUT2D eigenvalue weighted by Gasteiger charge is 2.11. The van der Waals surface area contributed by atoms with Crippen LogP contribution in [0.25, 0.3) is 0 Å². The number of anilines is 1. The molecule has 0 radical (unpaired) electrons. The van der Waals surface area contributed by atoms with E-state index in [1.54, 1.807) is 20.3 Å². The molecule has 9 heteroatoms. The van der Waals surface area contributed by atoms with E-state index >= 15 is 0 Å². The molecule has 4 N–H and O–H groups in total. The van der Waals surface area contributed by atoms with Gasteiger partial charge in [-0.05, 0) is 41.8 Å². The van der Waals surface area contributed by atoms with E-state index in [0.717, 1.165) is 11.8 Å². The van der Waals surface area contributed by atoms with Gasteiger partial charge in [0.2, 0.25) is 10.0 Å². The molecule has 0 heterocycles. The number of methoxy groups -OCH3 is 2. The molecule has 2 aromatic carbocycles. The molecule has 1 unspecified atom stereocenters. The van der Waals surface area contributed by atoms with Crippen molar-refractivity contribution in [2.24, 2.45) is 0 Å². The Morgan fingerprint density at radius 2 is 1.71 bits per heavy atom. The number of ether oxygens (including phenoxy) is 2. The first-order valence-electron chi connectivity index (χ1n) is 8.61. The first-order chi connectivity index (χ1) is 13.2. The molecule has 2 rings (SSSR count). The van der Waals surface area contributed by atoms with Gasteiger partial charge in [-0.3, -0.25) is 4.72 Å². The smallest absolute Gasteiger partial charge is 0.229 e. The van der Waals surface area contributed by atoms with E-state index < -0.39 is 16.1 Å². The monoisotopic (exact) mass is 410 g/mol. The maximum absolute atomic E-state index is 11.4. The van der Waals surface area contributed by atoms with E-state index in [2.05, 4.69) is 10.0 Å². The van der Waals surface area contributed by atoms with Gasteiger partial charge >= 0.3 is 0 Å². The number of phenols is 1. The molecule has 0 fully saturated rings. The standard InChI is InChI=1S/C19H26N2O6S/c1-26-18-7-5-14(10-19(18)27-2)11-20-12-15(22)8-13-4-6-17(23)16(9-13)21-28(3,24)25/h4-7,9-10,15,20-23H,8,11-12H2,1-3H3. The molecule has 0 aromatic heterocycles. The van der Waals surface area contributed by atoms with Gasteiger partial charge < -0.3 is 25.0 Å². The molecule has 0 saturated heterocycles. The lowest BCUT2D eigenvalue weighted by Gasteiger charge is -2.14. The van der Waals surface area contributed by atoms with Gasteiger partial charge in [-0.15, -0.1) is 0 Å². The fourth-order valence-electron chi connectivity index (χ4n) is 2.71. The van der Waals surface area contributed by atoms with Crippen molar-refractivity contribution < 1.29 is 28.1 Å². The molecule has 8 nitrogen and oxygen atoms in total. The molecule has 0 amide bonds. The van der Waals surface area contributed by atoms with E-state index in [1.165, 1.54) is 12.1 Å². The van der Waals surface area contributed by atoms with Crippen LogP contribution in [-0.4, -0.2) is 51.8 Å². The third-order valence-electron chi connectivity index (χ3n) is 3.98. The lowest BCUT2D eigenvalue weighted by Crippen LogP contribution is -2.28. The van der Waals surface area contributed by atoms with Crippen molar-refractivity contribution in [1.82, 2.24) is 5.32 Å². The van der Waals surface area contributed by atoms with Gasteiger partial charge in [0.1, 0.15) is 5.75 Å². The third-order valence-corrected chi connectivity index (χ3v) is 4.58. The zero-order chi connectivity index (χ0) is 20.7. The van der Waals surface area contributed by atoms with E-state index in [-0.39, 0.29) is 11.4 Å². The van der Waals surface area contributed by atoms with Crippen molar-refractivity contribution in [2.45, 2.75) is 19.1 Å². The van der Waals surface area contributed by atoms with Crippen LogP contribution < -0.4 is 19.5 Å². The Bertz CT molecular complexity index is 901. The molecule has 0 saturated carbocycles. The summed E-state index contributed by atoms with van der Waals surface area (Å²) in [6.07, 6.45) is 0.625. The van der Waals surface area contributed by atoms with Crippen LogP contribution in [-0.2, 0) is 23.0 Å². The summed E-state index contributed by atoms with van der Waals surface area (Å²) in [4.78, 5) is 0. The zero-order valence-corrected chi connectivity index (χ0v) is 16.9. The SMILES string of the molecule is COc1ccc(CNCC(O)Cc2ccc(O)c(NS(C)(=O)=O)c2)cc1OC. The third kappa shape index (κ3) is 6.59. The topological polar surface area (TPSA) is 117 Å². The Kier molecular flexibility index (Phi) is 7.50. The molecule has 0 aliphatic carbocycles. The molecular formula is C19H26N2O6S. The minimum Gasteiger partial charge on any atom is -0.506 e. The number of aromatic hydroxyl groups is 1. The van der Waals surface area contributed by atoms with E-state index in [4.69, 9.17) is 9.47 Å². The average Bonchev–Trinajstić information content (AvgIpc) is 2.63. The van der Waals surface area contributed by atoms with E-state index in [0.29, 0.717) is 36.6 Å². The normalized spacial score (nSPS) is 12.4. The summed E-state index contributed by atoms with van der Waals surface area (Å²) < 4.78 is 35.4. The number of aliphatic hydroxyl groups excluding tert-OH is 1. The van der Waals surface area contributed by atoms with Crippen molar-refractivity contribution in [3.05, 3.63) is 47.5 Å². The van der Waals surface area contributed by atoms with Gasteiger partial charge in [0, 0.05) is 13.1 Å². The highest BCUT2D eigenvalue weighted by atomic mass is 32.2. The average molecular weight is 410 g/mol. The highest BCUT2D eigenvalue weighted by Crippen LogP contribution is 2.27. The van der Waals surface area contributed by atoms with Crippen LogP contribution in [0.1, 0.15) is 11.1 Å². The molecule has 0 bridgehead atoms. The Morgan fingerprint density at radius 1 is 1.04 bits per heavy atom. The fourth-order valence-corrected chi connectivity index (χ4v) is 3.27. The second-order valence-corrected chi connectivity index (χ2v) is 8.15. The van der Waals surface area contributed by atoms with Crippen molar-refractivity contribution >= 4 is 15.7 Å². The van der Waals surface area contributed by atoms with Crippen LogP contribution in [0.15, 0.2) is 36.4 Å². The van der Waals surface area contributed by atoms with Crippen LogP contribution in [0.3, 0.4) is 0 Å². The lowest BCUT2D eigenvalue weighted by atomic mass is 10.1. The number of hydrogen-bond acceptors (Lipinski definition) is 7. The molecule has 154 valence electrons. The van der Waals surface area contributed by atoms with Crippen LogP contribution in [0.4, 0.5) is 5.69 Å². The summed E-state index contributed by atoms with van der Waals surface area (Å²) >= 11 is 0. The maximum Gasteiger partial charge on any atom is 0.229 e. The van der Waals surface area contributed by atoms with Crippen molar-refractivity contribution in [3.63, 3.8) is 0 Å². The summed E-state index contributed by atoms with van der Waals surface area (Å²) in [5, 5.41) is 23.2. The number of nitrogens with one attached hydrogen (secondary N) is 2. The molecule has 1 atom stereocenters. The number of aliphatic hydroxyl groups is 1. The van der Waals surface area contributed by atoms with Crippen molar-refractivity contribution in [2.75, 3.05) is 31.7 Å². The quantitative estimate of drug-likeness (QED) is 0.438. The van der Waals surface area contributed by atoms with Gasteiger partial charge in [0.25, 0.3) is 0 Å². The Morgan fingerprint density at radius 3 is 2.36 bits per heavy atom. The maximum atomic E-state index is 11.4. The van der Waals surface area contributed by atoms with Crippen molar-refractivity contribution in [3.8, 4) is 17.2 Å². The van der Waals surface area contributed by atoms with Gasteiger partial charge in [-0.2, -0.15) is 0 Å². The first-order valence-corrected chi connectivity index (χ1v) is 10.5. The number of rotatable bonds is 10. The number of hydrogen-bond donors (Lipinski definition) is 4. The number of benzene rings is 2. The largest absolute Gasteiger partial charge is 0.506 e. The minimum atomic E-state index is -3.50. The fraction of sp³-hybridized carbons (Fsp3) is 0.368. The Hall–Kier alpha value is -2.49. The predicted octanol–water partition coefficient (Wildman–Crippen LogP) is 1.47. The molecule has 0 aliphatic rings. The van der Waals surface area contributed by atoms with Crippen LogP contribution in [0, 0.1) is 0 Å². The van der Waals surface area contributed by atoms with Crippen LogP contribution in [0.2, 0.25) is 0 Å². The first kappa shape index (κ1) is 21.8. The lowest BCUT2D eigenvalue weighted by molar-refractivity contribution is 0.171. The van der Waals surface area contributed by atoms with Gasteiger partial charge in [-0.1, -0.05) is 12.1 Å². The highest BCUT2D eigenvalue weighted by molar-refractivity contribution is 7.92. The molecule has 0 spiro atoms.